The van der Waals surface area contributed by atoms with Gasteiger partial charge >= 0.3 is 0 Å². The maximum absolute atomic E-state index is 10.8. The van der Waals surface area contributed by atoms with Crippen molar-refractivity contribution in [2.75, 3.05) is 23.3 Å². The minimum absolute atomic E-state index is 0.0406. The van der Waals surface area contributed by atoms with Gasteiger partial charge in [0.1, 0.15) is 12.0 Å². The summed E-state index contributed by atoms with van der Waals surface area (Å²) in [5, 5.41) is 14.0. The molecule has 9 heteroatoms. The molecule has 165 valence electrons. The zero-order chi connectivity index (χ0) is 23.0. The van der Waals surface area contributed by atoms with Crippen molar-refractivity contribution in [1.82, 2.24) is 15.0 Å². The lowest BCUT2D eigenvalue weighted by molar-refractivity contribution is -0.385. The highest BCUT2D eigenvalue weighted by Gasteiger charge is 2.13. The summed E-state index contributed by atoms with van der Waals surface area (Å²) in [6.07, 6.45) is 3.00. The lowest BCUT2D eigenvalue weighted by atomic mass is 10.1. The summed E-state index contributed by atoms with van der Waals surface area (Å²) in [7, 11) is 0. The Labute approximate surface area is 199 Å². The predicted molar refractivity (Wildman–Crippen MR) is 131 cm³/mol. The average molecular weight is 504 g/mol. The zero-order valence-electron chi connectivity index (χ0n) is 17.6. The number of anilines is 2. The SMILES string of the molecule is O=[N+]([O-])c1ccc(NCCN(Cc2ccc(Br)cc2)c2nccc(-c3cc[c]cc3)n2)nc1. The van der Waals surface area contributed by atoms with Crippen molar-refractivity contribution in [3.63, 3.8) is 0 Å². The average Bonchev–Trinajstić information content (AvgIpc) is 2.85. The monoisotopic (exact) mass is 503 g/mol. The van der Waals surface area contributed by atoms with Crippen molar-refractivity contribution in [2.45, 2.75) is 6.54 Å². The molecule has 0 aliphatic rings. The molecular weight excluding hydrogens is 484 g/mol. The molecule has 0 amide bonds. The van der Waals surface area contributed by atoms with Crippen LogP contribution in [0.2, 0.25) is 0 Å². The van der Waals surface area contributed by atoms with E-state index in [-0.39, 0.29) is 5.69 Å². The van der Waals surface area contributed by atoms with Gasteiger partial charge in [-0.3, -0.25) is 10.1 Å². The Morgan fingerprint density at radius 1 is 1.03 bits per heavy atom. The highest BCUT2D eigenvalue weighted by atomic mass is 79.9. The van der Waals surface area contributed by atoms with Gasteiger partial charge in [-0.05, 0) is 35.9 Å². The van der Waals surface area contributed by atoms with Crippen LogP contribution in [0.3, 0.4) is 0 Å². The minimum Gasteiger partial charge on any atom is -0.368 e. The van der Waals surface area contributed by atoms with Gasteiger partial charge in [0.05, 0.1) is 10.6 Å². The summed E-state index contributed by atoms with van der Waals surface area (Å²) in [6.45, 7) is 1.77. The van der Waals surface area contributed by atoms with Crippen LogP contribution in [0, 0.1) is 16.2 Å². The third kappa shape index (κ3) is 6.11. The summed E-state index contributed by atoms with van der Waals surface area (Å²) in [6, 6.07) is 23.7. The molecule has 4 rings (SSSR count). The van der Waals surface area contributed by atoms with Crippen LogP contribution < -0.4 is 10.2 Å². The van der Waals surface area contributed by atoms with Gasteiger partial charge < -0.3 is 10.2 Å². The van der Waals surface area contributed by atoms with Crippen LogP contribution in [0.5, 0.6) is 0 Å². The maximum Gasteiger partial charge on any atom is 0.287 e. The lowest BCUT2D eigenvalue weighted by Crippen LogP contribution is -2.30. The van der Waals surface area contributed by atoms with Crippen molar-refractivity contribution in [1.29, 1.82) is 0 Å². The molecule has 2 heterocycles. The minimum atomic E-state index is -0.466. The number of hydrogen-bond acceptors (Lipinski definition) is 7. The molecule has 0 fully saturated rings. The Bertz CT molecular complexity index is 1200. The molecule has 8 nitrogen and oxygen atoms in total. The molecule has 0 atom stereocenters. The number of nitrogens with zero attached hydrogens (tertiary/aromatic N) is 5. The van der Waals surface area contributed by atoms with Gasteiger partial charge in [-0.15, -0.1) is 0 Å². The summed E-state index contributed by atoms with van der Waals surface area (Å²) < 4.78 is 1.02. The van der Waals surface area contributed by atoms with Crippen molar-refractivity contribution >= 4 is 33.4 Å². The Hall–Kier alpha value is -3.85. The third-order valence-electron chi connectivity index (χ3n) is 4.87. The number of benzene rings is 2. The van der Waals surface area contributed by atoms with Gasteiger partial charge in [0, 0.05) is 41.9 Å². The molecule has 1 radical (unpaired) electrons. The molecule has 2 aromatic heterocycles. The van der Waals surface area contributed by atoms with Crippen LogP contribution in [0.1, 0.15) is 5.56 Å². The number of pyridine rings is 1. The van der Waals surface area contributed by atoms with E-state index in [2.05, 4.69) is 54.3 Å². The van der Waals surface area contributed by atoms with Crippen LogP contribution in [0.15, 0.2) is 83.6 Å². The largest absolute Gasteiger partial charge is 0.368 e. The van der Waals surface area contributed by atoms with Crippen LogP contribution in [0.4, 0.5) is 17.5 Å². The smallest absolute Gasteiger partial charge is 0.287 e. The van der Waals surface area contributed by atoms with E-state index in [0.717, 1.165) is 21.3 Å². The topological polar surface area (TPSA) is 97.1 Å². The number of nitrogens with one attached hydrogen (secondary N) is 1. The molecule has 0 aliphatic heterocycles. The highest BCUT2D eigenvalue weighted by molar-refractivity contribution is 9.10. The first-order chi connectivity index (χ1) is 16.1. The predicted octanol–water partition coefficient (Wildman–Crippen LogP) is 5.13. The third-order valence-corrected chi connectivity index (χ3v) is 5.40. The molecule has 2 aromatic carbocycles. The fraction of sp³-hybridized carbons (Fsp3) is 0.125. The second kappa shape index (κ2) is 10.6. The first kappa shape index (κ1) is 22.3. The normalized spacial score (nSPS) is 10.6. The van der Waals surface area contributed by atoms with Crippen molar-refractivity contribution in [3.05, 3.63) is 105 Å². The van der Waals surface area contributed by atoms with Gasteiger partial charge in [-0.1, -0.05) is 52.3 Å². The Morgan fingerprint density at radius 2 is 1.82 bits per heavy atom. The van der Waals surface area contributed by atoms with E-state index in [0.29, 0.717) is 31.4 Å². The van der Waals surface area contributed by atoms with E-state index in [9.17, 15) is 10.1 Å². The zero-order valence-corrected chi connectivity index (χ0v) is 19.1. The van der Waals surface area contributed by atoms with Crippen LogP contribution >= 0.6 is 15.9 Å². The van der Waals surface area contributed by atoms with E-state index >= 15 is 0 Å². The van der Waals surface area contributed by atoms with Crippen LogP contribution in [0.25, 0.3) is 11.3 Å². The first-order valence-electron chi connectivity index (χ1n) is 10.2. The molecule has 0 aliphatic carbocycles. The highest BCUT2D eigenvalue weighted by Crippen LogP contribution is 2.20. The molecule has 0 saturated heterocycles. The van der Waals surface area contributed by atoms with Crippen LogP contribution in [-0.4, -0.2) is 33.0 Å². The summed E-state index contributed by atoms with van der Waals surface area (Å²) in [5.74, 6) is 1.18. The van der Waals surface area contributed by atoms with E-state index in [4.69, 9.17) is 4.98 Å². The van der Waals surface area contributed by atoms with Crippen molar-refractivity contribution in [3.8, 4) is 11.3 Å². The number of nitro groups is 1. The van der Waals surface area contributed by atoms with Crippen molar-refractivity contribution in [2.24, 2.45) is 0 Å². The Morgan fingerprint density at radius 3 is 2.52 bits per heavy atom. The quantitative estimate of drug-likeness (QED) is 0.249. The van der Waals surface area contributed by atoms with E-state index in [1.807, 2.05) is 42.5 Å². The van der Waals surface area contributed by atoms with Crippen molar-refractivity contribution < 1.29 is 4.92 Å². The van der Waals surface area contributed by atoms with E-state index in [1.165, 1.54) is 12.3 Å². The fourth-order valence-corrected chi connectivity index (χ4v) is 3.46. The number of aromatic nitrogens is 3. The molecular formula is C24H20BrN6O2. The Kier molecular flexibility index (Phi) is 7.21. The van der Waals surface area contributed by atoms with E-state index in [1.54, 1.807) is 12.3 Å². The molecule has 0 spiro atoms. The summed E-state index contributed by atoms with van der Waals surface area (Å²) >= 11 is 3.47. The lowest BCUT2D eigenvalue weighted by Gasteiger charge is -2.23. The molecule has 33 heavy (non-hydrogen) atoms. The summed E-state index contributed by atoms with van der Waals surface area (Å²) in [4.78, 5) is 25.8. The maximum atomic E-state index is 10.8. The van der Waals surface area contributed by atoms with Gasteiger partial charge in [0.2, 0.25) is 5.95 Å². The number of rotatable bonds is 9. The number of halogens is 1. The Balaban J connectivity index is 1.52. The second-order valence-corrected chi connectivity index (χ2v) is 8.08. The first-order valence-corrected chi connectivity index (χ1v) is 11.0. The molecule has 4 aromatic rings. The fourth-order valence-electron chi connectivity index (χ4n) is 3.20. The van der Waals surface area contributed by atoms with Gasteiger partial charge in [0.25, 0.3) is 5.69 Å². The van der Waals surface area contributed by atoms with Gasteiger partial charge in [-0.2, -0.15) is 0 Å². The van der Waals surface area contributed by atoms with Crippen LogP contribution in [-0.2, 0) is 6.54 Å². The molecule has 0 unspecified atom stereocenters. The van der Waals surface area contributed by atoms with Gasteiger partial charge in [0.15, 0.2) is 0 Å². The standard InChI is InChI=1S/C24H20BrN6O2/c25-20-8-6-18(7-9-20)17-30(15-14-26-23-11-10-21(16-28-23)31(32)33)24-27-13-12-22(29-24)19-4-2-1-3-5-19/h2-13,16H,14-15,17H2,(H,26,28). The molecule has 1 N–H and O–H groups in total. The van der Waals surface area contributed by atoms with Gasteiger partial charge in [-0.25, -0.2) is 15.0 Å². The van der Waals surface area contributed by atoms with E-state index < -0.39 is 4.92 Å². The number of hydrogen-bond donors (Lipinski definition) is 1. The second-order valence-electron chi connectivity index (χ2n) is 7.16. The molecule has 0 bridgehead atoms. The molecule has 0 saturated carbocycles. The summed E-state index contributed by atoms with van der Waals surface area (Å²) in [5.41, 5.74) is 2.91.